The van der Waals surface area contributed by atoms with Crippen LogP contribution in [0.4, 0.5) is 17.6 Å². The molecule has 0 aliphatic rings. The Balaban J connectivity index is 0.00000161. The minimum absolute atomic E-state index is 0.0556. The van der Waals surface area contributed by atoms with Crippen molar-refractivity contribution in [2.24, 2.45) is 10.3 Å². The molecule has 32 heavy (non-hydrogen) atoms. The first-order valence-corrected chi connectivity index (χ1v) is 9.21. The van der Waals surface area contributed by atoms with Crippen LogP contribution in [0.2, 0.25) is 0 Å². The molecule has 2 rings (SSSR count). The van der Waals surface area contributed by atoms with Gasteiger partial charge in [0, 0.05) is 25.3 Å². The molecule has 0 N–H and O–H groups in total. The van der Waals surface area contributed by atoms with Gasteiger partial charge < -0.3 is 14.4 Å². The van der Waals surface area contributed by atoms with Gasteiger partial charge in [0.15, 0.2) is 6.29 Å². The SMILES string of the molecule is CO/N=C(/C=O)c1cccc(CF)c1CO/N=C(\C)c1cccc(C(F)(F)F)c1.COC. The lowest BCUT2D eigenvalue weighted by atomic mass is 9.99. The van der Waals surface area contributed by atoms with Crippen molar-refractivity contribution in [3.63, 3.8) is 0 Å². The van der Waals surface area contributed by atoms with Gasteiger partial charge in [0.25, 0.3) is 0 Å². The smallest absolute Gasteiger partial charge is 0.399 e. The summed E-state index contributed by atoms with van der Waals surface area (Å²) < 4.78 is 56.2. The maximum atomic E-state index is 13.4. The number of nitrogens with zero attached hydrogens (tertiary/aromatic N) is 2. The molecule has 0 saturated carbocycles. The van der Waals surface area contributed by atoms with Gasteiger partial charge in [-0.05, 0) is 30.2 Å². The van der Waals surface area contributed by atoms with Crippen LogP contribution in [0.3, 0.4) is 0 Å². The van der Waals surface area contributed by atoms with E-state index in [1.807, 2.05) is 0 Å². The quantitative estimate of drug-likeness (QED) is 0.245. The second-order valence-corrected chi connectivity index (χ2v) is 6.29. The molecular weight excluding hydrogens is 432 g/mol. The Morgan fingerprint density at radius 2 is 1.72 bits per heavy atom. The molecule has 174 valence electrons. The highest BCUT2D eigenvalue weighted by Gasteiger charge is 2.30. The van der Waals surface area contributed by atoms with Gasteiger partial charge in [0.1, 0.15) is 26.1 Å². The highest BCUT2D eigenvalue weighted by Crippen LogP contribution is 2.29. The Hall–Kier alpha value is -3.27. The fraction of sp³-hybridized carbons (Fsp3) is 0.318. The summed E-state index contributed by atoms with van der Waals surface area (Å²) in [5.74, 6) is 0. The monoisotopic (exact) mass is 456 g/mol. The normalized spacial score (nSPS) is 12.0. The van der Waals surface area contributed by atoms with E-state index in [9.17, 15) is 22.4 Å². The molecule has 0 aliphatic heterocycles. The maximum Gasteiger partial charge on any atom is 0.416 e. The van der Waals surface area contributed by atoms with Crippen molar-refractivity contribution in [2.45, 2.75) is 26.4 Å². The fourth-order valence-corrected chi connectivity index (χ4v) is 2.57. The molecular formula is C22H24F4N2O4. The van der Waals surface area contributed by atoms with Crippen LogP contribution in [0.5, 0.6) is 0 Å². The molecule has 0 radical (unpaired) electrons. The minimum Gasteiger partial charge on any atom is -0.399 e. The lowest BCUT2D eigenvalue weighted by Gasteiger charge is -2.12. The van der Waals surface area contributed by atoms with Gasteiger partial charge in [-0.1, -0.05) is 40.6 Å². The molecule has 2 aromatic rings. The highest BCUT2D eigenvalue weighted by atomic mass is 19.4. The standard InChI is InChI=1S/C20H18F4N2O3.C2H6O/c1-13(14-5-3-7-16(9-14)20(22,23)24)25-29-12-18-15(10-21)6-4-8-17(18)19(11-27)26-28-2;1-3-2/h3-9,11H,10,12H2,1-2H3;1-2H3/b25-13+,26-19-;. The van der Waals surface area contributed by atoms with Crippen molar-refractivity contribution < 1.29 is 36.8 Å². The summed E-state index contributed by atoms with van der Waals surface area (Å²) in [6, 6.07) is 9.27. The number of oxime groups is 2. The molecule has 0 bridgehead atoms. The van der Waals surface area contributed by atoms with Crippen LogP contribution in [0.25, 0.3) is 0 Å². The van der Waals surface area contributed by atoms with Crippen molar-refractivity contribution in [2.75, 3.05) is 21.3 Å². The molecule has 0 fully saturated rings. The number of carbonyl (C=O) groups excluding carboxylic acids is 1. The van der Waals surface area contributed by atoms with Crippen molar-refractivity contribution in [3.8, 4) is 0 Å². The summed E-state index contributed by atoms with van der Waals surface area (Å²) >= 11 is 0. The predicted molar refractivity (Wildman–Crippen MR) is 112 cm³/mol. The van der Waals surface area contributed by atoms with E-state index in [0.29, 0.717) is 17.4 Å². The lowest BCUT2D eigenvalue weighted by Crippen LogP contribution is -2.10. The first-order chi connectivity index (χ1) is 15.2. The van der Waals surface area contributed by atoms with E-state index in [0.717, 1.165) is 12.1 Å². The van der Waals surface area contributed by atoms with E-state index in [1.54, 1.807) is 26.4 Å². The first-order valence-electron chi connectivity index (χ1n) is 9.21. The Morgan fingerprint density at radius 3 is 2.28 bits per heavy atom. The van der Waals surface area contributed by atoms with E-state index < -0.39 is 18.4 Å². The number of hydrogen-bond donors (Lipinski definition) is 0. The molecule has 0 amide bonds. The van der Waals surface area contributed by atoms with Crippen LogP contribution in [0, 0.1) is 0 Å². The molecule has 0 aromatic heterocycles. The number of rotatable bonds is 8. The number of ether oxygens (including phenoxy) is 1. The van der Waals surface area contributed by atoms with Crippen LogP contribution in [-0.2, 0) is 38.7 Å². The molecule has 0 heterocycles. The number of alkyl halides is 4. The largest absolute Gasteiger partial charge is 0.416 e. The molecule has 0 saturated heterocycles. The summed E-state index contributed by atoms with van der Waals surface area (Å²) in [4.78, 5) is 21.1. The van der Waals surface area contributed by atoms with Gasteiger partial charge in [0.2, 0.25) is 0 Å². The molecule has 0 spiro atoms. The van der Waals surface area contributed by atoms with Gasteiger partial charge in [-0.25, -0.2) is 4.39 Å². The highest BCUT2D eigenvalue weighted by molar-refractivity contribution is 6.36. The summed E-state index contributed by atoms with van der Waals surface area (Å²) in [5, 5.41) is 7.43. The molecule has 6 nitrogen and oxygen atoms in total. The predicted octanol–water partition coefficient (Wildman–Crippen LogP) is 4.93. The molecule has 10 heteroatoms. The lowest BCUT2D eigenvalue weighted by molar-refractivity contribution is -0.137. The third-order valence-corrected chi connectivity index (χ3v) is 4.01. The van der Waals surface area contributed by atoms with Crippen LogP contribution in [0.1, 0.15) is 34.7 Å². The number of hydrogen-bond acceptors (Lipinski definition) is 6. The van der Waals surface area contributed by atoms with Crippen molar-refractivity contribution in [1.82, 2.24) is 0 Å². The second-order valence-electron chi connectivity index (χ2n) is 6.29. The topological polar surface area (TPSA) is 69.5 Å². The van der Waals surface area contributed by atoms with Gasteiger partial charge in [0.05, 0.1) is 11.3 Å². The number of methoxy groups -OCH3 is 1. The second kappa shape index (κ2) is 13.2. The summed E-state index contributed by atoms with van der Waals surface area (Å²) in [6.07, 6.45) is -4.01. The molecule has 0 atom stereocenters. The van der Waals surface area contributed by atoms with Crippen LogP contribution in [-0.4, -0.2) is 39.0 Å². The van der Waals surface area contributed by atoms with Crippen LogP contribution in [0.15, 0.2) is 52.8 Å². The fourth-order valence-electron chi connectivity index (χ4n) is 2.57. The first kappa shape index (κ1) is 26.8. The maximum absolute atomic E-state index is 13.4. The number of aldehydes is 1. The Labute approximate surface area is 183 Å². The van der Waals surface area contributed by atoms with Gasteiger partial charge >= 0.3 is 6.18 Å². The zero-order chi connectivity index (χ0) is 24.1. The number of benzene rings is 2. The van der Waals surface area contributed by atoms with Crippen LogP contribution < -0.4 is 0 Å². The summed E-state index contributed by atoms with van der Waals surface area (Å²) in [5.41, 5.74) is 0.480. The Kier molecular flexibility index (Phi) is 11.0. The zero-order valence-electron chi connectivity index (χ0n) is 18.1. The summed E-state index contributed by atoms with van der Waals surface area (Å²) in [7, 11) is 4.52. The van der Waals surface area contributed by atoms with E-state index in [2.05, 4.69) is 19.9 Å². The third-order valence-electron chi connectivity index (χ3n) is 4.01. The Morgan fingerprint density at radius 1 is 1.06 bits per heavy atom. The molecule has 0 unspecified atom stereocenters. The molecule has 0 aliphatic carbocycles. The van der Waals surface area contributed by atoms with Crippen molar-refractivity contribution in [1.29, 1.82) is 0 Å². The number of halogens is 4. The number of carbonyl (C=O) groups is 1. The van der Waals surface area contributed by atoms with E-state index in [-0.39, 0.29) is 29.2 Å². The van der Waals surface area contributed by atoms with Gasteiger partial charge in [-0.2, -0.15) is 13.2 Å². The van der Waals surface area contributed by atoms with Crippen LogP contribution >= 0.6 is 0 Å². The zero-order valence-corrected chi connectivity index (χ0v) is 18.1. The third kappa shape index (κ3) is 7.77. The van der Waals surface area contributed by atoms with E-state index in [1.165, 1.54) is 32.2 Å². The minimum atomic E-state index is -4.47. The summed E-state index contributed by atoms with van der Waals surface area (Å²) in [6.45, 7) is 0.449. The average Bonchev–Trinajstić information content (AvgIpc) is 2.77. The van der Waals surface area contributed by atoms with Gasteiger partial charge in [-0.15, -0.1) is 0 Å². The average molecular weight is 456 g/mol. The molecule has 2 aromatic carbocycles. The van der Waals surface area contributed by atoms with Gasteiger partial charge in [-0.3, -0.25) is 4.79 Å². The Bertz CT molecular complexity index is 944. The van der Waals surface area contributed by atoms with E-state index in [4.69, 9.17) is 4.84 Å². The van der Waals surface area contributed by atoms with Crippen molar-refractivity contribution in [3.05, 3.63) is 70.3 Å². The van der Waals surface area contributed by atoms with Crippen molar-refractivity contribution >= 4 is 17.7 Å². The van der Waals surface area contributed by atoms with E-state index >= 15 is 0 Å².